The van der Waals surface area contributed by atoms with Gasteiger partial charge >= 0.3 is 6.18 Å². The van der Waals surface area contributed by atoms with Crippen molar-refractivity contribution in [2.24, 2.45) is 10.7 Å². The standard InChI is InChI=1S/C13H11F4N5O2/c14-7-6-20-11(21-12(7)23)8(18)5-10(9-1-4-24-22-9)19-3-2-13(15,16)17/h1,4-6H,2-3,18H2,(H,20,21,23). The molecule has 0 radical (unpaired) electrons. The summed E-state index contributed by atoms with van der Waals surface area (Å²) in [4.78, 5) is 20.7. The number of aromatic amines is 1. The molecule has 0 fully saturated rings. The second-order valence-electron chi connectivity index (χ2n) is 4.53. The fraction of sp³-hybridized carbons (Fsp3) is 0.231. The van der Waals surface area contributed by atoms with Crippen LogP contribution in [0.15, 0.2) is 38.9 Å². The predicted octanol–water partition coefficient (Wildman–Crippen LogP) is 1.64. The number of aliphatic imine (C=N–C) groups is 1. The summed E-state index contributed by atoms with van der Waals surface area (Å²) in [6.07, 6.45) is -2.46. The highest BCUT2D eigenvalue weighted by Crippen LogP contribution is 2.19. The van der Waals surface area contributed by atoms with Crippen molar-refractivity contribution >= 4 is 11.4 Å². The van der Waals surface area contributed by atoms with Crippen LogP contribution in [0.4, 0.5) is 17.6 Å². The molecule has 11 heteroatoms. The lowest BCUT2D eigenvalue weighted by Crippen LogP contribution is -2.17. The van der Waals surface area contributed by atoms with Crippen LogP contribution in [0.2, 0.25) is 0 Å². The summed E-state index contributed by atoms with van der Waals surface area (Å²) >= 11 is 0. The zero-order chi connectivity index (χ0) is 17.7. The molecular weight excluding hydrogens is 334 g/mol. The molecule has 2 aromatic rings. The van der Waals surface area contributed by atoms with E-state index in [0.717, 1.165) is 6.08 Å². The molecule has 2 rings (SSSR count). The number of nitrogens with zero attached hydrogens (tertiary/aromatic N) is 3. The number of halogens is 4. The highest BCUT2D eigenvalue weighted by molar-refractivity contribution is 6.10. The zero-order valence-electron chi connectivity index (χ0n) is 12.0. The zero-order valence-corrected chi connectivity index (χ0v) is 12.0. The summed E-state index contributed by atoms with van der Waals surface area (Å²) in [6, 6.07) is 1.37. The van der Waals surface area contributed by atoms with Crippen molar-refractivity contribution < 1.29 is 22.1 Å². The van der Waals surface area contributed by atoms with E-state index in [1.807, 2.05) is 0 Å². The lowest BCUT2D eigenvalue weighted by Gasteiger charge is -2.05. The maximum atomic E-state index is 12.9. The van der Waals surface area contributed by atoms with E-state index in [9.17, 15) is 22.4 Å². The Hall–Kier alpha value is -2.98. The maximum absolute atomic E-state index is 12.9. The third-order valence-electron chi connectivity index (χ3n) is 2.70. The lowest BCUT2D eigenvalue weighted by atomic mass is 10.2. The largest absolute Gasteiger partial charge is 0.396 e. The molecular formula is C13H11F4N5O2. The molecule has 0 bridgehead atoms. The molecule has 0 atom stereocenters. The topological polar surface area (TPSA) is 110 Å². The van der Waals surface area contributed by atoms with Gasteiger partial charge in [-0.1, -0.05) is 5.16 Å². The maximum Gasteiger partial charge on any atom is 0.390 e. The van der Waals surface area contributed by atoms with Gasteiger partial charge in [0, 0.05) is 12.6 Å². The summed E-state index contributed by atoms with van der Waals surface area (Å²) in [7, 11) is 0. The molecule has 0 aliphatic rings. The number of nitrogens with two attached hydrogens (primary N) is 1. The predicted molar refractivity (Wildman–Crippen MR) is 75.6 cm³/mol. The Labute approximate surface area is 131 Å². The molecule has 3 N–H and O–H groups in total. The molecule has 2 aromatic heterocycles. The van der Waals surface area contributed by atoms with Crippen molar-refractivity contribution in [3.63, 3.8) is 0 Å². The van der Waals surface area contributed by atoms with Crippen molar-refractivity contribution in [3.05, 3.63) is 52.3 Å². The lowest BCUT2D eigenvalue weighted by molar-refractivity contribution is -0.132. The van der Waals surface area contributed by atoms with Crippen molar-refractivity contribution in [1.29, 1.82) is 0 Å². The van der Waals surface area contributed by atoms with Gasteiger partial charge in [-0.3, -0.25) is 9.79 Å². The van der Waals surface area contributed by atoms with Crippen LogP contribution in [0.1, 0.15) is 17.9 Å². The number of aromatic nitrogens is 3. The molecule has 7 nitrogen and oxygen atoms in total. The quantitative estimate of drug-likeness (QED) is 0.632. The Kier molecular flexibility index (Phi) is 5.11. The number of rotatable bonds is 5. The van der Waals surface area contributed by atoms with Crippen LogP contribution in [-0.4, -0.2) is 33.6 Å². The third-order valence-corrected chi connectivity index (χ3v) is 2.70. The Morgan fingerprint density at radius 2 is 2.21 bits per heavy atom. The molecule has 24 heavy (non-hydrogen) atoms. The fourth-order valence-corrected chi connectivity index (χ4v) is 1.59. The van der Waals surface area contributed by atoms with E-state index in [1.165, 1.54) is 12.3 Å². The molecule has 128 valence electrons. The van der Waals surface area contributed by atoms with Crippen molar-refractivity contribution in [2.45, 2.75) is 12.6 Å². The van der Waals surface area contributed by atoms with Gasteiger partial charge in [0.05, 0.1) is 24.0 Å². The SMILES string of the molecule is NC(=CC(=NCCC(F)(F)F)c1ccon1)c1ncc(F)c(=O)[nH]1. The minimum Gasteiger partial charge on any atom is -0.396 e. The average Bonchev–Trinajstić information content (AvgIpc) is 3.02. The van der Waals surface area contributed by atoms with E-state index >= 15 is 0 Å². The Morgan fingerprint density at radius 3 is 2.79 bits per heavy atom. The number of nitrogens with one attached hydrogen (secondary N) is 1. The molecule has 0 saturated carbocycles. The molecule has 0 aliphatic heterocycles. The van der Waals surface area contributed by atoms with Gasteiger partial charge in [-0.15, -0.1) is 0 Å². The molecule has 0 saturated heterocycles. The monoisotopic (exact) mass is 345 g/mol. The van der Waals surface area contributed by atoms with E-state index in [-0.39, 0.29) is 22.9 Å². The summed E-state index contributed by atoms with van der Waals surface area (Å²) < 4.78 is 54.2. The van der Waals surface area contributed by atoms with Gasteiger partial charge in [-0.25, -0.2) is 4.98 Å². The molecule has 0 unspecified atom stereocenters. The van der Waals surface area contributed by atoms with Gasteiger partial charge in [0.25, 0.3) is 5.56 Å². The fourth-order valence-electron chi connectivity index (χ4n) is 1.59. The van der Waals surface area contributed by atoms with Crippen molar-refractivity contribution in [1.82, 2.24) is 15.1 Å². The highest BCUT2D eigenvalue weighted by atomic mass is 19.4. The van der Waals surface area contributed by atoms with Crippen LogP contribution >= 0.6 is 0 Å². The first-order chi connectivity index (χ1) is 11.3. The van der Waals surface area contributed by atoms with Gasteiger partial charge in [0.2, 0.25) is 5.82 Å². The second kappa shape index (κ2) is 7.06. The number of allylic oxidation sites excluding steroid dienone is 1. The summed E-state index contributed by atoms with van der Waals surface area (Å²) in [5, 5.41) is 3.57. The van der Waals surface area contributed by atoms with Crippen LogP contribution in [0.3, 0.4) is 0 Å². The highest BCUT2D eigenvalue weighted by Gasteiger charge is 2.26. The van der Waals surface area contributed by atoms with Crippen LogP contribution in [0.25, 0.3) is 5.70 Å². The Morgan fingerprint density at radius 1 is 1.46 bits per heavy atom. The third kappa shape index (κ3) is 4.76. The second-order valence-corrected chi connectivity index (χ2v) is 4.53. The van der Waals surface area contributed by atoms with Gasteiger partial charge in [0.1, 0.15) is 12.0 Å². The van der Waals surface area contributed by atoms with Crippen molar-refractivity contribution in [2.75, 3.05) is 6.54 Å². The summed E-state index contributed by atoms with van der Waals surface area (Å²) in [5.41, 5.74) is 4.69. The van der Waals surface area contributed by atoms with E-state index in [0.29, 0.717) is 6.20 Å². The van der Waals surface area contributed by atoms with Crippen LogP contribution in [0, 0.1) is 5.82 Å². The first kappa shape index (κ1) is 17.4. The van der Waals surface area contributed by atoms with E-state index < -0.39 is 30.5 Å². The summed E-state index contributed by atoms with van der Waals surface area (Å²) in [5.74, 6) is -1.25. The average molecular weight is 345 g/mol. The first-order valence-electron chi connectivity index (χ1n) is 6.50. The molecule has 0 spiro atoms. The number of alkyl halides is 3. The van der Waals surface area contributed by atoms with E-state index in [4.69, 9.17) is 5.73 Å². The number of H-pyrrole nitrogens is 1. The van der Waals surface area contributed by atoms with E-state index in [2.05, 4.69) is 24.6 Å². The number of hydrogen-bond acceptors (Lipinski definition) is 6. The van der Waals surface area contributed by atoms with Gasteiger partial charge in [-0.2, -0.15) is 17.6 Å². The normalized spacial score (nSPS) is 13.3. The molecule has 0 aromatic carbocycles. The van der Waals surface area contributed by atoms with Gasteiger partial charge in [-0.05, 0) is 6.08 Å². The Bertz CT molecular complexity index is 809. The van der Waals surface area contributed by atoms with Crippen LogP contribution in [0.5, 0.6) is 0 Å². The molecule has 2 heterocycles. The van der Waals surface area contributed by atoms with Gasteiger partial charge in [0.15, 0.2) is 5.82 Å². The molecule has 0 amide bonds. The molecule has 0 aliphatic carbocycles. The minimum absolute atomic E-state index is 0.00234. The van der Waals surface area contributed by atoms with Crippen LogP contribution in [-0.2, 0) is 0 Å². The Balaban J connectivity index is 2.31. The number of hydrogen-bond donors (Lipinski definition) is 2. The first-order valence-corrected chi connectivity index (χ1v) is 6.50. The van der Waals surface area contributed by atoms with Crippen LogP contribution < -0.4 is 11.3 Å². The smallest absolute Gasteiger partial charge is 0.390 e. The summed E-state index contributed by atoms with van der Waals surface area (Å²) in [6.45, 7) is -0.553. The van der Waals surface area contributed by atoms with E-state index in [1.54, 1.807) is 0 Å². The van der Waals surface area contributed by atoms with Gasteiger partial charge < -0.3 is 15.2 Å². The minimum atomic E-state index is -4.36. The van der Waals surface area contributed by atoms with Crippen molar-refractivity contribution in [3.8, 4) is 0 Å².